The summed E-state index contributed by atoms with van der Waals surface area (Å²) in [5, 5.41) is 2.31. The lowest BCUT2D eigenvalue weighted by molar-refractivity contribution is -0.936. The summed E-state index contributed by atoms with van der Waals surface area (Å²) >= 11 is 0. The van der Waals surface area contributed by atoms with Crippen LogP contribution < -0.4 is 0 Å². The number of benzene rings is 4. The molecule has 4 rings (SSSR count). The third-order valence-corrected chi connectivity index (χ3v) is 8.94. The van der Waals surface area contributed by atoms with Gasteiger partial charge in [-0.25, -0.2) is 13.2 Å². The Labute approximate surface area is 274 Å². The van der Waals surface area contributed by atoms with Crippen molar-refractivity contribution in [3.8, 4) is 0 Å². The van der Waals surface area contributed by atoms with Crippen LogP contribution in [0.3, 0.4) is 0 Å². The van der Waals surface area contributed by atoms with E-state index in [1.807, 2.05) is 31.2 Å². The van der Waals surface area contributed by atoms with Crippen molar-refractivity contribution in [1.82, 2.24) is 0 Å². The second-order valence-corrected chi connectivity index (χ2v) is 12.7. The molecule has 0 aliphatic carbocycles. The standard InChI is InChI=1S/C42H49F3N/c1-6-9-22-46(21-8-3,23-10-7-2)30-42-36(20-19-32(5)43)25-35-17-13-14-18-40(35)41(42)28-34-16-12-11-15-33(34)24-31(4)37-26-38(44)29-39(45)27-37/h8,11-20,24-27,29,32H,3,6-7,9-10,21-23,28,30H2,1-2,4-5H3/q+1/b20-19+,31-24+. The number of hydrogen-bond donors (Lipinski definition) is 0. The van der Waals surface area contributed by atoms with Gasteiger partial charge in [-0.3, -0.25) is 0 Å². The molecule has 0 fully saturated rings. The van der Waals surface area contributed by atoms with E-state index in [1.165, 1.54) is 28.6 Å². The van der Waals surface area contributed by atoms with Gasteiger partial charge in [-0.2, -0.15) is 0 Å². The third-order valence-electron chi connectivity index (χ3n) is 8.94. The number of fused-ring (bicyclic) bond motifs is 1. The molecule has 0 bridgehead atoms. The minimum atomic E-state index is -1.06. The summed E-state index contributed by atoms with van der Waals surface area (Å²) < 4.78 is 43.3. The molecule has 0 saturated heterocycles. The molecular formula is C42H49F3N+. The van der Waals surface area contributed by atoms with Gasteiger partial charge in [0.15, 0.2) is 0 Å². The second kappa shape index (κ2) is 16.6. The number of nitrogens with zero attached hydrogens (tertiary/aromatic N) is 1. The molecule has 0 aromatic heterocycles. The Morgan fingerprint density at radius 2 is 1.50 bits per heavy atom. The van der Waals surface area contributed by atoms with Crippen LogP contribution in [-0.2, 0) is 13.0 Å². The quantitative estimate of drug-likeness (QED) is 0.0661. The fourth-order valence-electron chi connectivity index (χ4n) is 6.50. The van der Waals surface area contributed by atoms with E-state index in [-0.39, 0.29) is 0 Å². The van der Waals surface area contributed by atoms with Crippen molar-refractivity contribution < 1.29 is 17.7 Å². The molecule has 0 amide bonds. The van der Waals surface area contributed by atoms with Crippen LogP contribution in [0.4, 0.5) is 13.2 Å². The lowest BCUT2D eigenvalue weighted by atomic mass is 9.87. The minimum Gasteiger partial charge on any atom is -0.317 e. The molecule has 4 heteroatoms. The number of hydrogen-bond acceptors (Lipinski definition) is 0. The monoisotopic (exact) mass is 624 g/mol. The van der Waals surface area contributed by atoms with E-state index in [9.17, 15) is 13.2 Å². The first-order valence-corrected chi connectivity index (χ1v) is 16.7. The maximum Gasteiger partial charge on any atom is 0.126 e. The molecule has 4 aromatic rings. The normalized spacial score (nSPS) is 13.1. The van der Waals surface area contributed by atoms with Crippen LogP contribution in [0.2, 0.25) is 0 Å². The van der Waals surface area contributed by atoms with Gasteiger partial charge in [0.2, 0.25) is 0 Å². The molecular weight excluding hydrogens is 575 g/mol. The SMILES string of the molecule is C=CC[N+](CCCC)(CCCC)Cc1c(/C=C/C(C)F)cc2ccccc2c1Cc1ccccc1/C=C(\C)c1cc(F)cc(F)c1. The van der Waals surface area contributed by atoms with E-state index in [1.54, 1.807) is 13.0 Å². The van der Waals surface area contributed by atoms with E-state index >= 15 is 0 Å². The Kier molecular flexibility index (Phi) is 12.6. The number of halogens is 3. The molecule has 0 aliphatic heterocycles. The Morgan fingerprint density at radius 1 is 0.848 bits per heavy atom. The van der Waals surface area contributed by atoms with Crippen LogP contribution in [-0.4, -0.2) is 30.3 Å². The van der Waals surface area contributed by atoms with E-state index in [4.69, 9.17) is 0 Å². The number of allylic oxidation sites excluding steroid dienone is 2. The van der Waals surface area contributed by atoms with Crippen molar-refractivity contribution in [3.63, 3.8) is 0 Å². The highest BCUT2D eigenvalue weighted by Gasteiger charge is 2.29. The third kappa shape index (κ3) is 9.10. The van der Waals surface area contributed by atoms with Crippen LogP contribution >= 0.6 is 0 Å². The predicted octanol–water partition coefficient (Wildman–Crippen LogP) is 11.7. The summed E-state index contributed by atoms with van der Waals surface area (Å²) in [6.45, 7) is 15.9. The van der Waals surface area contributed by atoms with Gasteiger partial charge in [0.25, 0.3) is 0 Å². The number of alkyl halides is 1. The Hall–Kier alpha value is -3.89. The fraction of sp³-hybridized carbons (Fsp3) is 0.333. The van der Waals surface area contributed by atoms with Gasteiger partial charge in [-0.15, -0.1) is 0 Å². The van der Waals surface area contributed by atoms with Crippen molar-refractivity contribution in [1.29, 1.82) is 0 Å². The Balaban J connectivity index is 1.93. The Bertz CT molecular complexity index is 1650. The van der Waals surface area contributed by atoms with Gasteiger partial charge in [-0.1, -0.05) is 100 Å². The smallest absolute Gasteiger partial charge is 0.126 e. The lowest BCUT2D eigenvalue weighted by Gasteiger charge is -2.39. The summed E-state index contributed by atoms with van der Waals surface area (Å²) in [5.41, 5.74) is 6.95. The number of quaternary nitrogens is 1. The lowest BCUT2D eigenvalue weighted by Crippen LogP contribution is -2.49. The molecule has 46 heavy (non-hydrogen) atoms. The Morgan fingerprint density at radius 3 is 2.15 bits per heavy atom. The first-order valence-electron chi connectivity index (χ1n) is 16.7. The first-order chi connectivity index (χ1) is 22.2. The second-order valence-electron chi connectivity index (χ2n) is 12.7. The molecule has 0 aliphatic rings. The molecule has 1 atom stereocenters. The molecule has 0 N–H and O–H groups in total. The van der Waals surface area contributed by atoms with Crippen molar-refractivity contribution >= 4 is 28.5 Å². The van der Waals surface area contributed by atoms with Gasteiger partial charge in [0, 0.05) is 11.6 Å². The maximum absolute atomic E-state index is 14.3. The highest BCUT2D eigenvalue weighted by atomic mass is 19.1. The highest BCUT2D eigenvalue weighted by molar-refractivity contribution is 5.90. The van der Waals surface area contributed by atoms with Crippen molar-refractivity contribution in [2.24, 2.45) is 0 Å². The van der Waals surface area contributed by atoms with Crippen LogP contribution in [0.1, 0.15) is 86.8 Å². The first kappa shape index (κ1) is 35.0. The average Bonchev–Trinajstić information content (AvgIpc) is 3.03. The van der Waals surface area contributed by atoms with E-state index in [0.717, 1.165) is 90.1 Å². The zero-order chi connectivity index (χ0) is 33.1. The van der Waals surface area contributed by atoms with Gasteiger partial charge in [0.05, 0.1) is 19.6 Å². The highest BCUT2D eigenvalue weighted by Crippen LogP contribution is 2.34. The number of unbranched alkanes of at least 4 members (excludes halogenated alkanes) is 2. The van der Waals surface area contributed by atoms with Crippen LogP contribution in [0, 0.1) is 11.6 Å². The van der Waals surface area contributed by atoms with Gasteiger partial charge < -0.3 is 4.48 Å². The summed E-state index contributed by atoms with van der Waals surface area (Å²) in [7, 11) is 0. The molecule has 4 aromatic carbocycles. The van der Waals surface area contributed by atoms with Crippen molar-refractivity contribution in [3.05, 3.63) is 137 Å². The summed E-state index contributed by atoms with van der Waals surface area (Å²) in [6.07, 6.45) is 11.8. The van der Waals surface area contributed by atoms with Crippen molar-refractivity contribution in [2.45, 2.75) is 72.5 Å². The molecule has 0 heterocycles. The zero-order valence-electron chi connectivity index (χ0n) is 28.0. The van der Waals surface area contributed by atoms with E-state index < -0.39 is 17.8 Å². The zero-order valence-corrected chi connectivity index (χ0v) is 28.0. The van der Waals surface area contributed by atoms with Gasteiger partial charge in [-0.05, 0) is 102 Å². The predicted molar refractivity (Wildman–Crippen MR) is 191 cm³/mol. The minimum absolute atomic E-state index is 0.518. The molecule has 0 radical (unpaired) electrons. The van der Waals surface area contributed by atoms with Gasteiger partial charge in [0.1, 0.15) is 24.4 Å². The average molecular weight is 625 g/mol. The van der Waals surface area contributed by atoms with E-state index in [2.05, 4.69) is 69.0 Å². The number of rotatable bonds is 16. The topological polar surface area (TPSA) is 0 Å². The molecule has 1 nitrogen and oxygen atoms in total. The summed E-state index contributed by atoms with van der Waals surface area (Å²) in [4.78, 5) is 0. The summed E-state index contributed by atoms with van der Waals surface area (Å²) in [5.74, 6) is -1.18. The van der Waals surface area contributed by atoms with Crippen LogP contribution in [0.15, 0.2) is 91.5 Å². The largest absolute Gasteiger partial charge is 0.317 e. The molecule has 242 valence electrons. The fourth-order valence-corrected chi connectivity index (χ4v) is 6.50. The van der Waals surface area contributed by atoms with Crippen LogP contribution in [0.25, 0.3) is 28.5 Å². The van der Waals surface area contributed by atoms with Gasteiger partial charge >= 0.3 is 0 Å². The molecule has 0 spiro atoms. The maximum atomic E-state index is 14.3. The molecule has 0 saturated carbocycles. The van der Waals surface area contributed by atoms with E-state index in [0.29, 0.717) is 12.0 Å². The van der Waals surface area contributed by atoms with Crippen LogP contribution in [0.5, 0.6) is 0 Å². The van der Waals surface area contributed by atoms with Crippen molar-refractivity contribution in [2.75, 3.05) is 19.6 Å². The summed E-state index contributed by atoms with van der Waals surface area (Å²) in [6, 6.07) is 22.5. The molecule has 1 unspecified atom stereocenters.